The summed E-state index contributed by atoms with van der Waals surface area (Å²) in [5.41, 5.74) is 5.07. The zero-order chi connectivity index (χ0) is 31.4. The molecule has 0 saturated carbocycles. The minimum absolute atomic E-state index is 0.127. The minimum atomic E-state index is -1.25. The van der Waals surface area contributed by atoms with Gasteiger partial charge >= 0.3 is 0 Å². The number of ketones is 1. The van der Waals surface area contributed by atoms with Crippen LogP contribution in [0.3, 0.4) is 0 Å². The molecule has 1 aromatic heterocycles. The number of nitrogens with zero attached hydrogens (tertiary/aromatic N) is 7. The van der Waals surface area contributed by atoms with Gasteiger partial charge in [-0.2, -0.15) is 11.8 Å². The van der Waals surface area contributed by atoms with Gasteiger partial charge < -0.3 is 19.1 Å². The van der Waals surface area contributed by atoms with Crippen molar-refractivity contribution < 1.29 is 9.53 Å². The summed E-state index contributed by atoms with van der Waals surface area (Å²) in [5.74, 6) is 1.05. The largest absolute Gasteiger partial charge is 0.361 e. The number of benzene rings is 1. The van der Waals surface area contributed by atoms with E-state index in [9.17, 15) is 10.1 Å². The number of guanidine groups is 1. The summed E-state index contributed by atoms with van der Waals surface area (Å²) < 4.78 is 7.59. The van der Waals surface area contributed by atoms with E-state index < -0.39 is 8.07 Å². The molecular weight excluding hydrogens is 554 g/mol. The van der Waals surface area contributed by atoms with Gasteiger partial charge in [0, 0.05) is 60.4 Å². The Morgan fingerprint density at radius 2 is 1.98 bits per heavy atom. The Labute approximate surface area is 257 Å². The molecule has 1 aromatic carbocycles. The summed E-state index contributed by atoms with van der Waals surface area (Å²) in [6.45, 7) is 21.0. The van der Waals surface area contributed by atoms with E-state index in [-0.39, 0.29) is 41.8 Å². The molecule has 9 nitrogen and oxygen atoms in total. The average molecular weight is 600 g/mol. The van der Waals surface area contributed by atoms with E-state index in [1.165, 1.54) is 11.1 Å². The number of carbonyl (C=O) groups excluding carboxylic acids is 1. The number of imidazole rings is 1. The fraction of sp³-hybridized carbons (Fsp3) is 0.545. The van der Waals surface area contributed by atoms with Crippen LogP contribution in [0.1, 0.15) is 72.0 Å². The third-order valence-electron chi connectivity index (χ3n) is 8.45. The molecule has 10 heteroatoms. The van der Waals surface area contributed by atoms with E-state index in [1.807, 2.05) is 23.9 Å². The molecule has 1 saturated heterocycles. The molecule has 0 amide bonds. The molecule has 0 atom stereocenters. The first-order chi connectivity index (χ1) is 20.3. The highest BCUT2D eigenvalue weighted by atomic mass is 28.3. The second kappa shape index (κ2) is 13.3. The molecule has 2 aliphatic rings. The van der Waals surface area contributed by atoms with E-state index in [2.05, 4.69) is 78.9 Å². The molecule has 0 radical (unpaired) electrons. The summed E-state index contributed by atoms with van der Waals surface area (Å²) in [6.07, 6.45) is 7.19. The summed E-state index contributed by atoms with van der Waals surface area (Å²) in [6, 6.07) is 9.60. The Morgan fingerprint density at radius 1 is 1.26 bits per heavy atom. The van der Waals surface area contributed by atoms with Crippen molar-refractivity contribution in [2.24, 2.45) is 10.5 Å². The first-order valence-electron chi connectivity index (χ1n) is 15.1. The van der Waals surface area contributed by atoms with Crippen molar-refractivity contribution in [3.8, 4) is 6.07 Å². The van der Waals surface area contributed by atoms with Crippen LogP contribution in [0.25, 0.3) is 10.5 Å². The highest BCUT2D eigenvalue weighted by Crippen LogP contribution is 2.40. The lowest BCUT2D eigenvalue weighted by molar-refractivity contribution is 0.0799. The molecule has 4 rings (SSSR count). The van der Waals surface area contributed by atoms with Gasteiger partial charge in [-0.05, 0) is 53.0 Å². The minimum Gasteiger partial charge on any atom is -0.361 e. The van der Waals surface area contributed by atoms with Crippen LogP contribution >= 0.6 is 0 Å². The number of Topliss-reactive ketones (excluding diaryl/α,β-unsaturated/α-hetero) is 1. The maximum absolute atomic E-state index is 13.8. The molecule has 0 bridgehead atoms. The van der Waals surface area contributed by atoms with Crippen molar-refractivity contribution in [1.29, 1.82) is 5.26 Å². The number of likely N-dealkylation sites (N-methyl/N-ethyl adjacent to an activating group) is 2. The van der Waals surface area contributed by atoms with Crippen molar-refractivity contribution in [3.05, 3.63) is 70.2 Å². The van der Waals surface area contributed by atoms with E-state index in [1.54, 1.807) is 10.8 Å². The SMILES string of the molecule is [C-]#[N+]N=C1N(C)CC(c2ccc(CC(=O)c3nc(C#N)cn3COCC[Si](C)(C)C)c(C3=CCC(C)(C)CC3)c2)CN1C. The Bertz CT molecular complexity index is 1470. The van der Waals surface area contributed by atoms with E-state index in [4.69, 9.17) is 11.3 Å². The first kappa shape index (κ1) is 32.2. The molecule has 2 heterocycles. The molecule has 1 aliphatic carbocycles. The zero-order valence-corrected chi connectivity index (χ0v) is 27.8. The molecule has 2 aromatic rings. The van der Waals surface area contributed by atoms with Crippen LogP contribution < -0.4 is 0 Å². The van der Waals surface area contributed by atoms with E-state index in [0.29, 0.717) is 12.6 Å². The molecule has 0 spiro atoms. The second-order valence-electron chi connectivity index (χ2n) is 14.0. The molecule has 0 N–H and O–H groups in total. The Morgan fingerprint density at radius 3 is 2.58 bits per heavy atom. The maximum atomic E-state index is 13.8. The van der Waals surface area contributed by atoms with Crippen molar-refractivity contribution >= 4 is 25.4 Å². The van der Waals surface area contributed by atoms with Crippen LogP contribution in [0.15, 0.2) is 35.6 Å². The lowest BCUT2D eigenvalue weighted by Gasteiger charge is -2.38. The molecule has 1 fully saturated rings. The fourth-order valence-corrected chi connectivity index (χ4v) is 6.54. The predicted octanol–water partition coefficient (Wildman–Crippen LogP) is 6.24. The summed E-state index contributed by atoms with van der Waals surface area (Å²) in [5, 5.41) is 13.5. The van der Waals surface area contributed by atoms with Crippen molar-refractivity contribution in [1.82, 2.24) is 19.4 Å². The van der Waals surface area contributed by atoms with Crippen LogP contribution in [0.5, 0.6) is 0 Å². The van der Waals surface area contributed by atoms with Gasteiger partial charge in [-0.1, -0.05) is 57.8 Å². The van der Waals surface area contributed by atoms with Gasteiger partial charge in [-0.3, -0.25) is 4.79 Å². The number of carbonyl (C=O) groups is 1. The van der Waals surface area contributed by atoms with Gasteiger partial charge in [0.1, 0.15) is 17.9 Å². The van der Waals surface area contributed by atoms with E-state index >= 15 is 0 Å². The number of allylic oxidation sites excluding steroid dienone is 2. The van der Waals surface area contributed by atoms with Crippen LogP contribution in [-0.2, 0) is 17.9 Å². The highest BCUT2D eigenvalue weighted by molar-refractivity contribution is 6.76. The van der Waals surface area contributed by atoms with Gasteiger partial charge in [0.05, 0.1) is 0 Å². The highest BCUT2D eigenvalue weighted by Gasteiger charge is 2.30. The fourth-order valence-electron chi connectivity index (χ4n) is 5.79. The summed E-state index contributed by atoms with van der Waals surface area (Å²) in [4.78, 5) is 25.4. The molecular formula is C33H45N7O2Si. The zero-order valence-electron chi connectivity index (χ0n) is 26.8. The second-order valence-corrected chi connectivity index (χ2v) is 19.6. The van der Waals surface area contributed by atoms with Crippen LogP contribution in [0.2, 0.25) is 25.7 Å². The standard InChI is InChI=1S/C33H45N7O2Si/c1-33(2)13-11-24(12-14-33)29-17-25(27-20-38(4)32(37-35-3)39(5)21-27)9-10-26(29)18-30(41)31-36-28(19-34)22-40(31)23-42-15-16-43(6,7)8/h9-11,17,22,27H,12-16,18,20-21,23H2,1-2,4-8H3. The van der Waals surface area contributed by atoms with Crippen molar-refractivity contribution in [2.75, 3.05) is 33.8 Å². The van der Waals surface area contributed by atoms with Gasteiger partial charge in [-0.15, -0.1) is 4.95 Å². The topological polar surface area (TPSA) is 91.1 Å². The lowest BCUT2D eigenvalue weighted by Crippen LogP contribution is -2.49. The number of hydrogen-bond donors (Lipinski definition) is 0. The first-order valence-corrected chi connectivity index (χ1v) is 18.8. The smallest absolute Gasteiger partial charge is 0.282 e. The molecule has 1 aliphatic heterocycles. The number of aromatic nitrogens is 2. The molecule has 228 valence electrons. The summed E-state index contributed by atoms with van der Waals surface area (Å²) in [7, 11) is 2.70. The number of hydrogen-bond acceptors (Lipinski definition) is 5. The number of nitriles is 1. The Hall–Kier alpha value is -3.73. The third kappa shape index (κ3) is 8.22. The van der Waals surface area contributed by atoms with Gasteiger partial charge in [0.25, 0.3) is 5.96 Å². The Balaban J connectivity index is 1.62. The normalized spacial score (nSPS) is 18.6. The third-order valence-corrected chi connectivity index (χ3v) is 10.2. The number of rotatable bonds is 10. The molecule has 0 unspecified atom stereocenters. The van der Waals surface area contributed by atoms with Crippen molar-refractivity contribution in [2.45, 2.75) is 77.9 Å². The van der Waals surface area contributed by atoms with Crippen molar-refractivity contribution in [3.63, 3.8) is 0 Å². The van der Waals surface area contributed by atoms with Crippen LogP contribution in [0.4, 0.5) is 0 Å². The van der Waals surface area contributed by atoms with Crippen LogP contribution in [-0.4, -0.2) is 73.0 Å². The Kier molecular flexibility index (Phi) is 9.94. The van der Waals surface area contributed by atoms with Crippen LogP contribution in [0, 0.1) is 23.3 Å². The van der Waals surface area contributed by atoms with Gasteiger partial charge in [0.2, 0.25) is 5.78 Å². The number of ether oxygens (including phenoxy) is 1. The lowest BCUT2D eigenvalue weighted by atomic mass is 9.76. The molecule has 43 heavy (non-hydrogen) atoms. The summed E-state index contributed by atoms with van der Waals surface area (Å²) >= 11 is 0. The quantitative estimate of drug-likeness (QED) is 0.106. The monoisotopic (exact) mass is 599 g/mol. The van der Waals surface area contributed by atoms with Gasteiger partial charge in [0.15, 0.2) is 11.5 Å². The predicted molar refractivity (Wildman–Crippen MR) is 173 cm³/mol. The average Bonchev–Trinajstić information content (AvgIpc) is 3.36. The van der Waals surface area contributed by atoms with Gasteiger partial charge in [-0.25, -0.2) is 4.98 Å². The maximum Gasteiger partial charge on any atom is 0.282 e. The van der Waals surface area contributed by atoms with E-state index in [0.717, 1.165) is 49.5 Å².